The van der Waals surface area contributed by atoms with Gasteiger partial charge in [0.2, 0.25) is 0 Å². The fraction of sp³-hybridized carbons (Fsp3) is 0.533. The van der Waals surface area contributed by atoms with Crippen LogP contribution in [0.15, 0.2) is 23.0 Å². The lowest BCUT2D eigenvalue weighted by Gasteiger charge is -2.22. The van der Waals surface area contributed by atoms with Crippen LogP contribution in [0.1, 0.15) is 37.6 Å². The van der Waals surface area contributed by atoms with E-state index in [0.29, 0.717) is 4.83 Å². The fourth-order valence-corrected chi connectivity index (χ4v) is 3.63. The first-order valence-electron chi connectivity index (χ1n) is 6.50. The Bertz CT molecular complexity index is 661. The van der Waals surface area contributed by atoms with Crippen molar-refractivity contribution in [1.29, 1.82) is 0 Å². The van der Waals surface area contributed by atoms with Gasteiger partial charge in [-0.3, -0.25) is 9.13 Å². The molecule has 1 aromatic carbocycles. The zero-order valence-electron chi connectivity index (χ0n) is 12.2. The molecule has 0 bridgehead atoms. The summed E-state index contributed by atoms with van der Waals surface area (Å²) in [6, 6.07) is 6.25. The van der Waals surface area contributed by atoms with Gasteiger partial charge in [-0.1, -0.05) is 42.8 Å². The number of aromatic nitrogens is 2. The number of hydrogen-bond acceptors (Lipinski definition) is 1. The number of alkyl halides is 1. The highest BCUT2D eigenvalue weighted by Crippen LogP contribution is 2.36. The maximum Gasteiger partial charge on any atom is 0.328 e. The van der Waals surface area contributed by atoms with Crippen LogP contribution in [0.4, 0.5) is 0 Å². The lowest BCUT2D eigenvalue weighted by molar-refractivity contribution is 0.377. The molecule has 2 aromatic rings. The Kier molecular flexibility index (Phi) is 3.65. The molecule has 0 aliphatic rings. The third-order valence-corrected chi connectivity index (χ3v) is 4.30. The molecule has 1 heterocycles. The van der Waals surface area contributed by atoms with E-state index < -0.39 is 0 Å². The quantitative estimate of drug-likeness (QED) is 0.773. The highest BCUT2D eigenvalue weighted by atomic mass is 79.9. The second kappa shape index (κ2) is 4.82. The summed E-state index contributed by atoms with van der Waals surface area (Å²) in [6.07, 6.45) is 1.05. The molecule has 0 saturated carbocycles. The monoisotopic (exact) mass is 324 g/mol. The zero-order chi connectivity index (χ0) is 14.4. The molecule has 0 radical (unpaired) electrons. The second-order valence-electron chi connectivity index (χ2n) is 6.38. The summed E-state index contributed by atoms with van der Waals surface area (Å²) in [4.78, 5) is 12.2. The van der Waals surface area contributed by atoms with Gasteiger partial charge in [0.1, 0.15) is 0 Å². The van der Waals surface area contributed by atoms with Crippen molar-refractivity contribution in [2.75, 3.05) is 0 Å². The number of hydrogen-bond donors (Lipinski definition) is 0. The van der Waals surface area contributed by atoms with Crippen molar-refractivity contribution < 1.29 is 0 Å². The van der Waals surface area contributed by atoms with Crippen LogP contribution in [0, 0.1) is 5.41 Å². The van der Waals surface area contributed by atoms with Gasteiger partial charge in [-0.25, -0.2) is 4.79 Å². The maximum atomic E-state index is 11.9. The Morgan fingerprint density at radius 1 is 1.16 bits per heavy atom. The minimum atomic E-state index is 0.0223. The van der Waals surface area contributed by atoms with Crippen molar-refractivity contribution in [3.05, 3.63) is 34.2 Å². The third kappa shape index (κ3) is 2.78. The molecule has 3 nitrogen and oxygen atoms in total. The molecule has 0 fully saturated rings. The van der Waals surface area contributed by atoms with Gasteiger partial charge in [0, 0.05) is 18.9 Å². The number of aryl methyl sites for hydroxylation is 2. The van der Waals surface area contributed by atoms with E-state index in [0.717, 1.165) is 17.5 Å². The van der Waals surface area contributed by atoms with E-state index in [1.54, 1.807) is 9.13 Å². The highest BCUT2D eigenvalue weighted by molar-refractivity contribution is 9.09. The van der Waals surface area contributed by atoms with Crippen molar-refractivity contribution >= 4 is 27.0 Å². The number of nitrogens with zero attached hydrogens (tertiary/aromatic N) is 2. The number of benzene rings is 1. The van der Waals surface area contributed by atoms with Crippen LogP contribution >= 0.6 is 15.9 Å². The summed E-state index contributed by atoms with van der Waals surface area (Å²) in [7, 11) is 3.63. The van der Waals surface area contributed by atoms with E-state index in [-0.39, 0.29) is 11.1 Å². The highest BCUT2D eigenvalue weighted by Gasteiger charge is 2.19. The summed E-state index contributed by atoms with van der Waals surface area (Å²) in [5.41, 5.74) is 3.49. The van der Waals surface area contributed by atoms with Crippen molar-refractivity contribution in [3.8, 4) is 0 Å². The minimum Gasteiger partial charge on any atom is -0.295 e. The summed E-state index contributed by atoms with van der Waals surface area (Å²) in [5.74, 6) is 0. The largest absolute Gasteiger partial charge is 0.328 e. The first-order chi connectivity index (χ1) is 8.70. The van der Waals surface area contributed by atoms with Crippen molar-refractivity contribution in [1.82, 2.24) is 9.13 Å². The Hall–Kier alpha value is -1.03. The molecule has 0 saturated heterocycles. The van der Waals surface area contributed by atoms with E-state index in [2.05, 4.69) is 48.8 Å². The average Bonchev–Trinajstić information content (AvgIpc) is 2.52. The number of halogens is 1. The molecule has 1 aromatic heterocycles. The molecule has 0 spiro atoms. The zero-order valence-corrected chi connectivity index (χ0v) is 13.8. The van der Waals surface area contributed by atoms with Crippen LogP contribution in [-0.4, -0.2) is 9.13 Å². The number of rotatable bonds is 2. The van der Waals surface area contributed by atoms with Gasteiger partial charge in [-0.2, -0.15) is 0 Å². The van der Waals surface area contributed by atoms with Crippen LogP contribution in [0.5, 0.6) is 0 Å². The second-order valence-corrected chi connectivity index (χ2v) is 7.49. The van der Waals surface area contributed by atoms with Crippen LogP contribution in [0.25, 0.3) is 11.0 Å². The Morgan fingerprint density at radius 3 is 2.32 bits per heavy atom. The average molecular weight is 325 g/mol. The smallest absolute Gasteiger partial charge is 0.295 e. The van der Waals surface area contributed by atoms with Gasteiger partial charge in [0.05, 0.1) is 11.0 Å². The van der Waals surface area contributed by atoms with Gasteiger partial charge in [0.25, 0.3) is 0 Å². The van der Waals surface area contributed by atoms with Gasteiger partial charge in [0.15, 0.2) is 0 Å². The summed E-state index contributed by atoms with van der Waals surface area (Å²) in [6.45, 7) is 6.70. The van der Waals surface area contributed by atoms with Gasteiger partial charge in [-0.05, 0) is 29.5 Å². The molecule has 4 heteroatoms. The SMILES string of the molecule is Cn1c(=O)n(C)c2cc(C(Br)CC(C)(C)C)ccc21. The summed E-state index contributed by atoms with van der Waals surface area (Å²) >= 11 is 3.76. The predicted molar refractivity (Wildman–Crippen MR) is 83.9 cm³/mol. The molecular weight excluding hydrogens is 304 g/mol. The Balaban J connectivity index is 2.48. The predicted octanol–water partition coefficient (Wildman–Crippen LogP) is 3.75. The lowest BCUT2D eigenvalue weighted by atomic mass is 9.88. The molecule has 0 aliphatic heterocycles. The molecule has 1 unspecified atom stereocenters. The van der Waals surface area contributed by atoms with Gasteiger partial charge < -0.3 is 0 Å². The molecule has 0 N–H and O–H groups in total. The molecule has 19 heavy (non-hydrogen) atoms. The van der Waals surface area contributed by atoms with Crippen LogP contribution in [-0.2, 0) is 14.1 Å². The standard InChI is InChI=1S/C15H21BrN2O/c1-15(2,3)9-11(16)10-6-7-12-13(8-10)18(5)14(19)17(12)4/h6-8,11H,9H2,1-5H3. The Morgan fingerprint density at radius 2 is 1.74 bits per heavy atom. The topological polar surface area (TPSA) is 26.9 Å². The molecule has 2 rings (SSSR count). The van der Waals surface area contributed by atoms with Crippen LogP contribution < -0.4 is 5.69 Å². The van der Waals surface area contributed by atoms with E-state index in [1.165, 1.54) is 5.56 Å². The van der Waals surface area contributed by atoms with Crippen LogP contribution in [0.2, 0.25) is 0 Å². The van der Waals surface area contributed by atoms with E-state index in [9.17, 15) is 4.79 Å². The van der Waals surface area contributed by atoms with Gasteiger partial charge >= 0.3 is 5.69 Å². The first-order valence-corrected chi connectivity index (χ1v) is 7.42. The fourth-order valence-electron chi connectivity index (χ4n) is 2.37. The number of imidazole rings is 1. The van der Waals surface area contributed by atoms with E-state index in [4.69, 9.17) is 0 Å². The molecular formula is C15H21BrN2O. The lowest BCUT2D eigenvalue weighted by Crippen LogP contribution is -2.19. The first kappa shape index (κ1) is 14.4. The molecule has 0 aliphatic carbocycles. The van der Waals surface area contributed by atoms with Crippen molar-refractivity contribution in [2.45, 2.75) is 32.0 Å². The van der Waals surface area contributed by atoms with E-state index >= 15 is 0 Å². The summed E-state index contributed by atoms with van der Waals surface area (Å²) < 4.78 is 3.39. The number of fused-ring (bicyclic) bond motifs is 1. The molecule has 104 valence electrons. The molecule has 1 atom stereocenters. The maximum absolute atomic E-state index is 11.9. The Labute approximate surface area is 122 Å². The minimum absolute atomic E-state index is 0.0223. The van der Waals surface area contributed by atoms with Gasteiger partial charge in [-0.15, -0.1) is 0 Å². The van der Waals surface area contributed by atoms with Crippen LogP contribution in [0.3, 0.4) is 0 Å². The summed E-state index contributed by atoms with van der Waals surface area (Å²) in [5, 5.41) is 0. The van der Waals surface area contributed by atoms with Crippen molar-refractivity contribution in [3.63, 3.8) is 0 Å². The van der Waals surface area contributed by atoms with Crippen molar-refractivity contribution in [2.24, 2.45) is 19.5 Å². The molecule has 0 amide bonds. The third-order valence-electron chi connectivity index (χ3n) is 3.45. The van der Waals surface area contributed by atoms with E-state index in [1.807, 2.05) is 20.2 Å². The normalized spacial score (nSPS) is 14.0.